The second-order valence-corrected chi connectivity index (χ2v) is 6.78. The number of rotatable bonds is 10. The van der Waals surface area contributed by atoms with Gasteiger partial charge in [0.15, 0.2) is 0 Å². The zero-order chi connectivity index (χ0) is 21.4. The van der Waals surface area contributed by atoms with E-state index in [0.29, 0.717) is 17.7 Å². The van der Waals surface area contributed by atoms with Gasteiger partial charge in [-0.2, -0.15) is 0 Å². The van der Waals surface area contributed by atoms with Gasteiger partial charge in [-0.3, -0.25) is 19.3 Å². The Morgan fingerprint density at radius 3 is 2.14 bits per heavy atom. The van der Waals surface area contributed by atoms with Gasteiger partial charge in [-0.05, 0) is 41.9 Å². The van der Waals surface area contributed by atoms with Crippen LogP contribution in [-0.4, -0.2) is 35.7 Å². The van der Waals surface area contributed by atoms with Crippen molar-refractivity contribution in [3.05, 3.63) is 70.8 Å². The molecule has 0 aliphatic heterocycles. The summed E-state index contributed by atoms with van der Waals surface area (Å²) in [4.78, 5) is 38.0. The molecular weight excluding hydrogens is 368 g/mol. The van der Waals surface area contributed by atoms with Crippen LogP contribution >= 0.6 is 0 Å². The number of amides is 3. The van der Waals surface area contributed by atoms with Gasteiger partial charge in [0.2, 0.25) is 11.8 Å². The molecule has 0 spiro atoms. The van der Waals surface area contributed by atoms with Crippen molar-refractivity contribution < 1.29 is 14.4 Å². The second kappa shape index (κ2) is 10.4. The van der Waals surface area contributed by atoms with Crippen molar-refractivity contribution in [3.63, 3.8) is 0 Å². The van der Waals surface area contributed by atoms with E-state index in [2.05, 4.69) is 30.1 Å². The van der Waals surface area contributed by atoms with E-state index in [1.165, 1.54) is 6.07 Å². The number of hydrogen-bond acceptors (Lipinski definition) is 4. The third-order valence-corrected chi connectivity index (χ3v) is 4.90. The highest BCUT2D eigenvalue weighted by Crippen LogP contribution is 2.17. The summed E-state index contributed by atoms with van der Waals surface area (Å²) in [5.41, 5.74) is 13.4. The minimum absolute atomic E-state index is 0.305. The lowest BCUT2D eigenvalue weighted by Gasteiger charge is -2.20. The fourth-order valence-corrected chi connectivity index (χ4v) is 3.18. The van der Waals surface area contributed by atoms with Crippen LogP contribution in [0.5, 0.6) is 0 Å². The summed E-state index contributed by atoms with van der Waals surface area (Å²) in [5, 5.41) is 2.90. The first-order valence-electron chi connectivity index (χ1n) is 9.63. The van der Waals surface area contributed by atoms with Crippen LogP contribution in [-0.2, 0) is 22.7 Å². The van der Waals surface area contributed by atoms with Crippen molar-refractivity contribution in [2.45, 2.75) is 32.9 Å². The van der Waals surface area contributed by atoms with Gasteiger partial charge in [0, 0.05) is 18.7 Å². The number of nitrogens with zero attached hydrogens (tertiary/aromatic N) is 1. The van der Waals surface area contributed by atoms with Gasteiger partial charge in [-0.1, -0.05) is 50.2 Å². The summed E-state index contributed by atoms with van der Waals surface area (Å²) in [6.07, 6.45) is 0. The molecule has 0 radical (unpaired) electrons. The molecule has 2 rings (SSSR count). The zero-order valence-corrected chi connectivity index (χ0v) is 16.9. The summed E-state index contributed by atoms with van der Waals surface area (Å²) in [5.74, 6) is -3.27. The molecule has 3 amide bonds. The van der Waals surface area contributed by atoms with Gasteiger partial charge in [-0.25, -0.2) is 0 Å². The normalized spacial score (nSPS) is 10.9. The summed E-state index contributed by atoms with van der Waals surface area (Å²) in [6.45, 7) is 7.32. The third-order valence-electron chi connectivity index (χ3n) is 4.90. The number of nitrogens with two attached hydrogens (primary N) is 2. The van der Waals surface area contributed by atoms with Crippen LogP contribution in [0.3, 0.4) is 0 Å². The molecule has 0 aliphatic rings. The molecule has 154 valence electrons. The fraction of sp³-hybridized carbons (Fsp3) is 0.318. The molecule has 0 aromatic heterocycles. The Kier molecular flexibility index (Phi) is 7.91. The molecular formula is C22H28N4O3. The Balaban J connectivity index is 2.14. The van der Waals surface area contributed by atoms with E-state index in [1.54, 1.807) is 18.2 Å². The molecule has 0 atom stereocenters. The SMILES string of the molecule is CCN(CC)Cc1ccccc1CNC(=O)c1cccc(C(C(N)=O)C(N)=O)c1. The largest absolute Gasteiger partial charge is 0.369 e. The lowest BCUT2D eigenvalue weighted by Crippen LogP contribution is -2.33. The Morgan fingerprint density at radius 1 is 0.931 bits per heavy atom. The molecule has 2 aromatic carbocycles. The van der Waals surface area contributed by atoms with Crippen LogP contribution in [0.15, 0.2) is 48.5 Å². The number of primary amides is 2. The van der Waals surface area contributed by atoms with Crippen molar-refractivity contribution >= 4 is 17.7 Å². The van der Waals surface area contributed by atoms with Crippen LogP contribution in [0.1, 0.15) is 46.8 Å². The molecule has 2 aromatic rings. The molecule has 0 fully saturated rings. The van der Waals surface area contributed by atoms with E-state index in [4.69, 9.17) is 11.5 Å². The predicted octanol–water partition coefficient (Wildman–Crippen LogP) is 1.51. The fourth-order valence-electron chi connectivity index (χ4n) is 3.18. The van der Waals surface area contributed by atoms with Crippen molar-refractivity contribution in [2.75, 3.05) is 13.1 Å². The summed E-state index contributed by atoms with van der Waals surface area (Å²) < 4.78 is 0. The van der Waals surface area contributed by atoms with Gasteiger partial charge in [0.1, 0.15) is 5.92 Å². The molecule has 5 N–H and O–H groups in total. The third kappa shape index (κ3) is 5.89. The minimum atomic E-state index is -1.27. The monoisotopic (exact) mass is 396 g/mol. The van der Waals surface area contributed by atoms with E-state index >= 15 is 0 Å². The number of hydrogen-bond donors (Lipinski definition) is 3. The van der Waals surface area contributed by atoms with Crippen LogP contribution in [0.4, 0.5) is 0 Å². The molecule has 0 saturated heterocycles. The van der Waals surface area contributed by atoms with Crippen molar-refractivity contribution in [1.82, 2.24) is 10.2 Å². The molecule has 0 heterocycles. The van der Waals surface area contributed by atoms with Gasteiger partial charge >= 0.3 is 0 Å². The summed E-state index contributed by atoms with van der Waals surface area (Å²) in [6, 6.07) is 14.2. The van der Waals surface area contributed by atoms with Gasteiger partial charge < -0.3 is 16.8 Å². The average molecular weight is 396 g/mol. The minimum Gasteiger partial charge on any atom is -0.369 e. The molecule has 0 bridgehead atoms. The summed E-state index contributed by atoms with van der Waals surface area (Å²) in [7, 11) is 0. The molecule has 0 saturated carbocycles. The Labute approximate surface area is 171 Å². The zero-order valence-electron chi connectivity index (χ0n) is 16.9. The van der Waals surface area contributed by atoms with Crippen molar-refractivity contribution in [1.29, 1.82) is 0 Å². The van der Waals surface area contributed by atoms with Crippen LogP contribution < -0.4 is 16.8 Å². The standard InChI is InChI=1S/C22H28N4O3/c1-3-26(4-2)14-18-9-6-5-8-17(18)13-25-22(29)16-11-7-10-15(12-16)19(20(23)27)21(24)28/h5-12,19H,3-4,13-14H2,1-2H3,(H2,23,27)(H2,24,28)(H,25,29). The maximum atomic E-state index is 12.6. The Bertz CT molecular complexity index is 864. The number of benzene rings is 2. The van der Waals surface area contributed by atoms with Crippen molar-refractivity contribution in [2.24, 2.45) is 11.5 Å². The maximum Gasteiger partial charge on any atom is 0.251 e. The Hall–Kier alpha value is -3.19. The number of carbonyl (C=O) groups excluding carboxylic acids is 3. The van der Waals surface area contributed by atoms with E-state index in [1.807, 2.05) is 18.2 Å². The lowest BCUT2D eigenvalue weighted by atomic mass is 9.96. The Morgan fingerprint density at radius 2 is 1.55 bits per heavy atom. The topological polar surface area (TPSA) is 119 Å². The van der Waals surface area contributed by atoms with E-state index in [-0.39, 0.29) is 5.91 Å². The number of nitrogens with one attached hydrogen (secondary N) is 1. The molecule has 7 nitrogen and oxygen atoms in total. The van der Waals surface area contributed by atoms with E-state index in [0.717, 1.165) is 30.8 Å². The molecule has 7 heteroatoms. The molecule has 0 unspecified atom stereocenters. The highest BCUT2D eigenvalue weighted by atomic mass is 16.2. The van der Waals surface area contributed by atoms with Gasteiger partial charge in [0.25, 0.3) is 5.91 Å². The molecule has 29 heavy (non-hydrogen) atoms. The molecule has 0 aliphatic carbocycles. The first-order valence-corrected chi connectivity index (χ1v) is 9.63. The quantitative estimate of drug-likeness (QED) is 0.528. The van der Waals surface area contributed by atoms with Crippen LogP contribution in [0.25, 0.3) is 0 Å². The van der Waals surface area contributed by atoms with Gasteiger partial charge in [0.05, 0.1) is 0 Å². The lowest BCUT2D eigenvalue weighted by molar-refractivity contribution is -0.128. The smallest absolute Gasteiger partial charge is 0.251 e. The first-order chi connectivity index (χ1) is 13.9. The van der Waals surface area contributed by atoms with E-state index < -0.39 is 17.7 Å². The van der Waals surface area contributed by atoms with E-state index in [9.17, 15) is 14.4 Å². The highest BCUT2D eigenvalue weighted by Gasteiger charge is 2.24. The first kappa shape index (κ1) is 22.1. The van der Waals surface area contributed by atoms with Gasteiger partial charge in [-0.15, -0.1) is 0 Å². The number of carbonyl (C=O) groups is 3. The second-order valence-electron chi connectivity index (χ2n) is 6.78. The maximum absolute atomic E-state index is 12.6. The average Bonchev–Trinajstić information content (AvgIpc) is 2.70. The van der Waals surface area contributed by atoms with Crippen LogP contribution in [0.2, 0.25) is 0 Å². The predicted molar refractivity (Wildman–Crippen MR) is 112 cm³/mol. The van der Waals surface area contributed by atoms with Crippen LogP contribution in [0, 0.1) is 0 Å². The highest BCUT2D eigenvalue weighted by molar-refractivity contribution is 6.05. The summed E-state index contributed by atoms with van der Waals surface area (Å²) >= 11 is 0. The van der Waals surface area contributed by atoms with Crippen molar-refractivity contribution in [3.8, 4) is 0 Å².